The Bertz CT molecular complexity index is 754. The molecule has 146 valence electrons. The quantitative estimate of drug-likeness (QED) is 0.719. The number of hydrogen-bond acceptors (Lipinski definition) is 5. The summed E-state index contributed by atoms with van der Waals surface area (Å²) in [7, 11) is 0. The fourth-order valence-corrected chi connectivity index (χ4v) is 4.72. The zero-order valence-corrected chi connectivity index (χ0v) is 16.9. The molecule has 1 amide bonds. The van der Waals surface area contributed by atoms with E-state index in [1.165, 1.54) is 0 Å². The van der Waals surface area contributed by atoms with Crippen molar-refractivity contribution in [2.45, 2.75) is 51.9 Å². The first-order valence-corrected chi connectivity index (χ1v) is 10.6. The number of amides is 1. The monoisotopic (exact) mass is 388 g/mol. The maximum atomic E-state index is 12.7. The van der Waals surface area contributed by atoms with Crippen molar-refractivity contribution in [2.75, 3.05) is 13.2 Å². The van der Waals surface area contributed by atoms with E-state index in [1.54, 1.807) is 11.3 Å². The molecule has 5 nitrogen and oxygen atoms in total. The molecule has 1 aromatic carbocycles. The van der Waals surface area contributed by atoms with Crippen LogP contribution in [0.15, 0.2) is 24.3 Å². The molecule has 1 aliphatic carbocycles. The average Bonchev–Trinajstić information content (AvgIpc) is 3.10. The van der Waals surface area contributed by atoms with Gasteiger partial charge in [0.2, 0.25) is 0 Å². The van der Waals surface area contributed by atoms with Gasteiger partial charge in [-0.05, 0) is 37.3 Å². The van der Waals surface area contributed by atoms with Gasteiger partial charge in [-0.2, -0.15) is 0 Å². The van der Waals surface area contributed by atoms with E-state index in [4.69, 9.17) is 9.72 Å². The highest BCUT2D eigenvalue weighted by Gasteiger charge is 2.35. The lowest BCUT2D eigenvalue weighted by Gasteiger charge is -2.28. The van der Waals surface area contributed by atoms with Gasteiger partial charge in [0.15, 0.2) is 6.61 Å². The number of carbonyl (C=O) groups is 2. The lowest BCUT2D eigenvalue weighted by Crippen LogP contribution is -2.33. The lowest BCUT2D eigenvalue weighted by molar-refractivity contribution is -0.154. The van der Waals surface area contributed by atoms with Crippen LogP contribution in [-0.2, 0) is 14.3 Å². The van der Waals surface area contributed by atoms with Gasteiger partial charge >= 0.3 is 5.97 Å². The fraction of sp³-hybridized carbons (Fsp3) is 0.571. The molecule has 0 saturated heterocycles. The number of benzene rings is 1. The summed E-state index contributed by atoms with van der Waals surface area (Å²) in [4.78, 5) is 29.3. The molecule has 1 aliphatic rings. The minimum absolute atomic E-state index is 0.0904. The van der Waals surface area contributed by atoms with E-state index >= 15 is 0 Å². The normalized spacial score (nSPS) is 20.0. The topological polar surface area (TPSA) is 68.3 Å². The minimum atomic E-state index is -0.266. The van der Waals surface area contributed by atoms with Gasteiger partial charge in [0.1, 0.15) is 0 Å². The third kappa shape index (κ3) is 5.28. The maximum Gasteiger partial charge on any atom is 0.310 e. The van der Waals surface area contributed by atoms with Gasteiger partial charge < -0.3 is 10.1 Å². The number of fused-ring (bicyclic) bond motifs is 1. The van der Waals surface area contributed by atoms with Gasteiger partial charge in [0.05, 0.1) is 21.1 Å². The predicted octanol–water partition coefficient (Wildman–Crippen LogP) is 4.28. The zero-order valence-electron chi connectivity index (χ0n) is 16.1. The second kappa shape index (κ2) is 9.31. The largest absolute Gasteiger partial charge is 0.455 e. The molecule has 3 rings (SSSR count). The van der Waals surface area contributed by atoms with E-state index in [0.29, 0.717) is 12.5 Å². The fourth-order valence-electron chi connectivity index (χ4n) is 3.55. The first-order chi connectivity index (χ1) is 13.0. The Morgan fingerprint density at radius 3 is 2.81 bits per heavy atom. The van der Waals surface area contributed by atoms with Crippen LogP contribution in [0, 0.1) is 11.8 Å². The van der Waals surface area contributed by atoms with Crippen LogP contribution in [0.1, 0.15) is 56.9 Å². The van der Waals surface area contributed by atoms with Crippen LogP contribution >= 0.6 is 11.3 Å². The molecule has 2 atom stereocenters. The van der Waals surface area contributed by atoms with Crippen molar-refractivity contribution < 1.29 is 14.3 Å². The number of ether oxygens (including phenoxy) is 1. The molecule has 27 heavy (non-hydrogen) atoms. The summed E-state index contributed by atoms with van der Waals surface area (Å²) in [5, 5.41) is 3.82. The number of nitrogens with zero attached hydrogens (tertiary/aromatic N) is 1. The molecule has 0 radical (unpaired) electrons. The van der Waals surface area contributed by atoms with E-state index in [2.05, 4.69) is 25.2 Å². The van der Waals surface area contributed by atoms with Crippen molar-refractivity contribution in [3.8, 4) is 0 Å². The maximum absolute atomic E-state index is 12.7. The second-order valence-electron chi connectivity index (χ2n) is 7.66. The SMILES string of the molecule is CC(C)CCNC(=O)COC(=O)C1CCCCC1c1nc2ccccc2s1. The number of hydrogen-bond donors (Lipinski definition) is 1. The number of aromatic nitrogens is 1. The molecule has 1 N–H and O–H groups in total. The number of thiazole rings is 1. The molecule has 1 fully saturated rings. The van der Waals surface area contributed by atoms with E-state index in [-0.39, 0.29) is 30.3 Å². The number of rotatable bonds is 7. The summed E-state index contributed by atoms with van der Waals surface area (Å²) < 4.78 is 6.50. The first kappa shape index (κ1) is 19.8. The smallest absolute Gasteiger partial charge is 0.310 e. The van der Waals surface area contributed by atoms with E-state index in [0.717, 1.165) is 47.3 Å². The lowest BCUT2D eigenvalue weighted by atomic mass is 9.79. The highest BCUT2D eigenvalue weighted by atomic mass is 32.1. The van der Waals surface area contributed by atoms with Gasteiger partial charge in [-0.3, -0.25) is 9.59 Å². The van der Waals surface area contributed by atoms with Gasteiger partial charge in [0, 0.05) is 12.5 Å². The molecule has 1 saturated carbocycles. The average molecular weight is 389 g/mol. The number of esters is 1. The second-order valence-corrected chi connectivity index (χ2v) is 8.72. The first-order valence-electron chi connectivity index (χ1n) is 9.83. The van der Waals surface area contributed by atoms with Gasteiger partial charge in [0.25, 0.3) is 5.91 Å². The predicted molar refractivity (Wildman–Crippen MR) is 108 cm³/mol. The van der Waals surface area contributed by atoms with Crippen LogP contribution in [-0.4, -0.2) is 30.0 Å². The van der Waals surface area contributed by atoms with Crippen LogP contribution in [0.3, 0.4) is 0 Å². The molecule has 1 heterocycles. The Kier molecular flexibility index (Phi) is 6.83. The molecule has 0 bridgehead atoms. The Morgan fingerprint density at radius 1 is 1.26 bits per heavy atom. The van der Waals surface area contributed by atoms with Crippen molar-refractivity contribution in [2.24, 2.45) is 11.8 Å². The van der Waals surface area contributed by atoms with Gasteiger partial charge in [-0.15, -0.1) is 11.3 Å². The number of nitrogens with one attached hydrogen (secondary N) is 1. The van der Waals surface area contributed by atoms with Crippen molar-refractivity contribution >= 4 is 33.4 Å². The number of carbonyl (C=O) groups excluding carboxylic acids is 2. The Morgan fingerprint density at radius 2 is 2.04 bits per heavy atom. The van der Waals surface area contributed by atoms with Gasteiger partial charge in [-0.1, -0.05) is 38.8 Å². The van der Waals surface area contributed by atoms with Crippen LogP contribution in [0.5, 0.6) is 0 Å². The summed E-state index contributed by atoms with van der Waals surface area (Å²) in [5.74, 6) is -0.0746. The van der Waals surface area contributed by atoms with Crippen LogP contribution in [0.25, 0.3) is 10.2 Å². The van der Waals surface area contributed by atoms with Gasteiger partial charge in [-0.25, -0.2) is 4.98 Å². The third-order valence-electron chi connectivity index (χ3n) is 5.09. The molecule has 6 heteroatoms. The minimum Gasteiger partial charge on any atom is -0.455 e. The van der Waals surface area contributed by atoms with Crippen molar-refractivity contribution in [1.82, 2.24) is 10.3 Å². The van der Waals surface area contributed by atoms with Crippen LogP contribution in [0.2, 0.25) is 0 Å². The highest BCUT2D eigenvalue weighted by molar-refractivity contribution is 7.18. The molecule has 1 aromatic heterocycles. The standard InChI is InChI=1S/C21H28N2O3S/c1-14(2)11-12-22-19(24)13-26-21(25)16-8-4-3-7-15(16)20-23-17-9-5-6-10-18(17)27-20/h5-6,9-10,14-16H,3-4,7-8,11-13H2,1-2H3,(H,22,24). The molecular weight excluding hydrogens is 360 g/mol. The van der Waals surface area contributed by atoms with E-state index in [1.807, 2.05) is 18.2 Å². The molecule has 2 aromatic rings. The molecule has 0 aliphatic heterocycles. The molecule has 0 spiro atoms. The van der Waals surface area contributed by atoms with Crippen molar-refractivity contribution in [3.05, 3.63) is 29.3 Å². The summed E-state index contributed by atoms with van der Waals surface area (Å²) >= 11 is 1.66. The molecule has 2 unspecified atom stereocenters. The van der Waals surface area contributed by atoms with E-state index < -0.39 is 0 Å². The highest BCUT2D eigenvalue weighted by Crippen LogP contribution is 2.41. The van der Waals surface area contributed by atoms with Crippen molar-refractivity contribution in [1.29, 1.82) is 0 Å². The third-order valence-corrected chi connectivity index (χ3v) is 6.25. The Hall–Kier alpha value is -1.95. The van der Waals surface area contributed by atoms with Crippen molar-refractivity contribution in [3.63, 3.8) is 0 Å². The Balaban J connectivity index is 1.59. The molecular formula is C21H28N2O3S. The van der Waals surface area contributed by atoms with Crippen LogP contribution in [0.4, 0.5) is 0 Å². The number of para-hydroxylation sites is 1. The van der Waals surface area contributed by atoms with Crippen LogP contribution < -0.4 is 5.32 Å². The Labute approximate surface area is 164 Å². The summed E-state index contributed by atoms with van der Waals surface area (Å²) in [6.07, 6.45) is 4.78. The zero-order chi connectivity index (χ0) is 19.2. The van der Waals surface area contributed by atoms with E-state index in [9.17, 15) is 9.59 Å². The summed E-state index contributed by atoms with van der Waals surface area (Å²) in [5.41, 5.74) is 0.986. The summed E-state index contributed by atoms with van der Waals surface area (Å²) in [6.45, 7) is 4.64. The summed E-state index contributed by atoms with van der Waals surface area (Å²) in [6, 6.07) is 8.06.